The summed E-state index contributed by atoms with van der Waals surface area (Å²) in [7, 11) is 0. The molecular weight excluding hydrogens is 280 g/mol. The maximum Gasteiger partial charge on any atom is 0.273 e. The number of amides is 1. The molecule has 6 nitrogen and oxygen atoms in total. The number of nitrogens with zero attached hydrogens (tertiary/aromatic N) is 1. The van der Waals surface area contributed by atoms with Crippen molar-refractivity contribution >= 4 is 27.5 Å². The van der Waals surface area contributed by atoms with Gasteiger partial charge < -0.3 is 10.5 Å². The summed E-state index contributed by atoms with van der Waals surface area (Å²) in [5.74, 6) is -0.432. The quantitative estimate of drug-likeness (QED) is 0.672. The van der Waals surface area contributed by atoms with Crippen molar-refractivity contribution in [2.24, 2.45) is 5.73 Å². The highest BCUT2D eigenvalue weighted by atomic mass is 79.9. The molecular formula is C9H9BrN2O4. The van der Waals surface area contributed by atoms with Crippen LogP contribution in [0.3, 0.4) is 0 Å². The maximum absolute atomic E-state index is 10.8. The van der Waals surface area contributed by atoms with Gasteiger partial charge in [-0.25, -0.2) is 0 Å². The zero-order valence-electron chi connectivity index (χ0n) is 8.34. The summed E-state index contributed by atoms with van der Waals surface area (Å²) in [6.07, 6.45) is -0.849. The molecule has 1 aromatic rings. The Hall–Kier alpha value is -1.63. The minimum Gasteiger partial charge on any atom is -0.479 e. The summed E-state index contributed by atoms with van der Waals surface area (Å²) in [5, 5.41) is 10.5. The van der Waals surface area contributed by atoms with E-state index in [1.165, 1.54) is 25.1 Å². The van der Waals surface area contributed by atoms with E-state index in [4.69, 9.17) is 10.5 Å². The van der Waals surface area contributed by atoms with Crippen LogP contribution in [0.15, 0.2) is 22.7 Å². The van der Waals surface area contributed by atoms with Crippen LogP contribution >= 0.6 is 15.9 Å². The second-order valence-electron chi connectivity index (χ2n) is 3.03. The molecule has 0 aliphatic rings. The molecule has 1 amide bonds. The minimum absolute atomic E-state index is 0.116. The number of carbonyl (C=O) groups is 1. The van der Waals surface area contributed by atoms with Crippen molar-refractivity contribution in [3.05, 3.63) is 32.8 Å². The number of halogens is 1. The van der Waals surface area contributed by atoms with Crippen molar-refractivity contribution in [3.8, 4) is 5.75 Å². The van der Waals surface area contributed by atoms with Crippen LogP contribution in [0, 0.1) is 10.1 Å². The van der Waals surface area contributed by atoms with Crippen molar-refractivity contribution in [1.29, 1.82) is 0 Å². The summed E-state index contributed by atoms with van der Waals surface area (Å²) in [4.78, 5) is 20.8. The van der Waals surface area contributed by atoms with Crippen LogP contribution in [-0.4, -0.2) is 16.9 Å². The standard InChI is InChI=1S/C9H9BrN2O4/c1-5(9(11)13)16-8-4-6(12(14)15)2-3-7(8)10/h2-5H,1H3,(H2,11,13). The molecule has 0 aromatic heterocycles. The van der Waals surface area contributed by atoms with Crippen LogP contribution in [0.4, 0.5) is 5.69 Å². The van der Waals surface area contributed by atoms with Crippen LogP contribution in [0.5, 0.6) is 5.75 Å². The summed E-state index contributed by atoms with van der Waals surface area (Å²) in [5.41, 5.74) is 4.90. The van der Waals surface area contributed by atoms with Crippen LogP contribution in [0.2, 0.25) is 0 Å². The van der Waals surface area contributed by atoms with E-state index in [1.807, 2.05) is 0 Å². The van der Waals surface area contributed by atoms with E-state index < -0.39 is 16.9 Å². The summed E-state index contributed by atoms with van der Waals surface area (Å²) in [6.45, 7) is 1.47. The van der Waals surface area contributed by atoms with E-state index >= 15 is 0 Å². The zero-order valence-corrected chi connectivity index (χ0v) is 9.93. The fourth-order valence-electron chi connectivity index (χ4n) is 0.944. The molecule has 1 atom stereocenters. The van der Waals surface area contributed by atoms with E-state index in [0.717, 1.165) is 0 Å². The number of nitrogens with two attached hydrogens (primary N) is 1. The molecule has 16 heavy (non-hydrogen) atoms. The highest BCUT2D eigenvalue weighted by molar-refractivity contribution is 9.10. The van der Waals surface area contributed by atoms with Gasteiger partial charge in [-0.15, -0.1) is 0 Å². The second kappa shape index (κ2) is 4.93. The lowest BCUT2D eigenvalue weighted by Gasteiger charge is -2.12. The van der Waals surface area contributed by atoms with Gasteiger partial charge in [0.1, 0.15) is 5.75 Å². The van der Waals surface area contributed by atoms with Gasteiger partial charge in [0.15, 0.2) is 6.10 Å². The number of primary amides is 1. The van der Waals surface area contributed by atoms with Gasteiger partial charge in [0.25, 0.3) is 11.6 Å². The molecule has 1 rings (SSSR count). The molecule has 0 radical (unpaired) electrons. The third kappa shape index (κ3) is 2.93. The SMILES string of the molecule is CC(Oc1cc([N+](=O)[O-])ccc1Br)C(N)=O. The van der Waals surface area contributed by atoms with Crippen molar-refractivity contribution in [3.63, 3.8) is 0 Å². The van der Waals surface area contributed by atoms with E-state index in [1.54, 1.807) is 0 Å². The van der Waals surface area contributed by atoms with Gasteiger partial charge in [-0.1, -0.05) is 0 Å². The smallest absolute Gasteiger partial charge is 0.273 e. The first kappa shape index (κ1) is 12.4. The Kier molecular flexibility index (Phi) is 3.83. The number of carbonyl (C=O) groups excluding carboxylic acids is 1. The minimum atomic E-state index is -0.849. The Morgan fingerprint density at radius 1 is 1.62 bits per heavy atom. The Morgan fingerprint density at radius 3 is 2.75 bits per heavy atom. The topological polar surface area (TPSA) is 95.5 Å². The predicted molar refractivity (Wildman–Crippen MR) is 60.1 cm³/mol. The van der Waals surface area contributed by atoms with Gasteiger partial charge in [-0.3, -0.25) is 14.9 Å². The molecule has 1 aromatic carbocycles. The van der Waals surface area contributed by atoms with Gasteiger partial charge in [-0.2, -0.15) is 0 Å². The molecule has 0 saturated carbocycles. The number of nitro benzene ring substituents is 1. The van der Waals surface area contributed by atoms with Gasteiger partial charge in [-0.05, 0) is 28.9 Å². The summed E-state index contributed by atoms with van der Waals surface area (Å²) < 4.78 is 5.69. The normalized spacial score (nSPS) is 11.9. The lowest BCUT2D eigenvalue weighted by atomic mass is 10.3. The largest absolute Gasteiger partial charge is 0.479 e. The Balaban J connectivity index is 2.98. The zero-order chi connectivity index (χ0) is 12.3. The number of rotatable bonds is 4. The van der Waals surface area contributed by atoms with E-state index in [9.17, 15) is 14.9 Å². The number of benzene rings is 1. The Bertz CT molecular complexity index is 436. The van der Waals surface area contributed by atoms with Gasteiger partial charge in [0.05, 0.1) is 15.5 Å². The van der Waals surface area contributed by atoms with Crippen LogP contribution in [0.25, 0.3) is 0 Å². The molecule has 1 unspecified atom stereocenters. The Morgan fingerprint density at radius 2 is 2.25 bits per heavy atom. The van der Waals surface area contributed by atoms with E-state index in [2.05, 4.69) is 15.9 Å². The lowest BCUT2D eigenvalue weighted by molar-refractivity contribution is -0.385. The second-order valence-corrected chi connectivity index (χ2v) is 3.89. The molecule has 7 heteroatoms. The monoisotopic (exact) mass is 288 g/mol. The van der Waals surface area contributed by atoms with Gasteiger partial charge in [0.2, 0.25) is 0 Å². The third-order valence-corrected chi connectivity index (χ3v) is 2.49. The third-order valence-electron chi connectivity index (χ3n) is 1.83. The number of hydrogen-bond acceptors (Lipinski definition) is 4. The first-order valence-electron chi connectivity index (χ1n) is 4.31. The molecule has 86 valence electrons. The van der Waals surface area contributed by atoms with Crippen LogP contribution < -0.4 is 10.5 Å². The van der Waals surface area contributed by atoms with Crippen molar-refractivity contribution < 1.29 is 14.5 Å². The van der Waals surface area contributed by atoms with Crippen molar-refractivity contribution in [2.45, 2.75) is 13.0 Å². The highest BCUT2D eigenvalue weighted by Gasteiger charge is 2.15. The molecule has 0 aliphatic carbocycles. The number of hydrogen-bond donors (Lipinski definition) is 1. The van der Waals surface area contributed by atoms with Gasteiger partial charge >= 0.3 is 0 Å². The highest BCUT2D eigenvalue weighted by Crippen LogP contribution is 2.29. The average molecular weight is 289 g/mol. The molecule has 0 spiro atoms. The molecule has 0 bridgehead atoms. The average Bonchev–Trinajstić information content (AvgIpc) is 2.20. The van der Waals surface area contributed by atoms with Crippen molar-refractivity contribution in [1.82, 2.24) is 0 Å². The van der Waals surface area contributed by atoms with Crippen molar-refractivity contribution in [2.75, 3.05) is 0 Å². The Labute approximate surface area is 99.7 Å². The first-order chi connectivity index (χ1) is 7.41. The number of ether oxygens (including phenoxy) is 1. The molecule has 0 fully saturated rings. The maximum atomic E-state index is 10.8. The lowest BCUT2D eigenvalue weighted by Crippen LogP contribution is -2.30. The number of non-ortho nitro benzene ring substituents is 1. The van der Waals surface area contributed by atoms with Gasteiger partial charge in [0, 0.05) is 6.07 Å². The van der Waals surface area contributed by atoms with E-state index in [0.29, 0.717) is 4.47 Å². The molecule has 2 N–H and O–H groups in total. The summed E-state index contributed by atoms with van der Waals surface area (Å²) >= 11 is 3.16. The molecule has 0 heterocycles. The first-order valence-corrected chi connectivity index (χ1v) is 5.11. The molecule has 0 saturated heterocycles. The fraction of sp³-hybridized carbons (Fsp3) is 0.222. The molecule has 0 aliphatic heterocycles. The van der Waals surface area contributed by atoms with Crippen LogP contribution in [0.1, 0.15) is 6.92 Å². The number of nitro groups is 1. The summed E-state index contributed by atoms with van der Waals surface area (Å²) in [6, 6.07) is 4.02. The van der Waals surface area contributed by atoms with Crippen LogP contribution in [-0.2, 0) is 4.79 Å². The predicted octanol–water partition coefficient (Wildman–Crippen LogP) is 1.61. The van der Waals surface area contributed by atoms with E-state index in [-0.39, 0.29) is 11.4 Å². The fourth-order valence-corrected chi connectivity index (χ4v) is 1.28.